The van der Waals surface area contributed by atoms with E-state index in [0.717, 1.165) is 23.2 Å². The summed E-state index contributed by atoms with van der Waals surface area (Å²) >= 11 is 0. The molecule has 0 unspecified atom stereocenters. The van der Waals surface area contributed by atoms with Gasteiger partial charge in [0.15, 0.2) is 11.6 Å². The molecule has 2 nitrogen and oxygen atoms in total. The number of hydrogen-bond acceptors (Lipinski definition) is 2. The molecule has 0 radical (unpaired) electrons. The molecule has 0 spiro atoms. The summed E-state index contributed by atoms with van der Waals surface area (Å²) < 4.78 is 18.7. The van der Waals surface area contributed by atoms with Crippen molar-refractivity contribution in [1.29, 1.82) is 0 Å². The van der Waals surface area contributed by atoms with E-state index in [0.29, 0.717) is 0 Å². The lowest BCUT2D eigenvalue weighted by Gasteiger charge is -2.10. The molecule has 0 aromatic heterocycles. The standard InChI is InChI=1S/C16H18FNO/c1-11-4-5-12(10-18-2)8-14(11)13-6-7-16(19-3)15(17)9-13/h4-9,18H,10H2,1-3H3. The summed E-state index contributed by atoms with van der Waals surface area (Å²) in [6.45, 7) is 2.83. The van der Waals surface area contributed by atoms with Crippen LogP contribution in [0.4, 0.5) is 4.39 Å². The van der Waals surface area contributed by atoms with Crippen molar-refractivity contribution in [2.24, 2.45) is 0 Å². The Labute approximate surface area is 113 Å². The number of aryl methyl sites for hydroxylation is 1. The third-order valence-electron chi connectivity index (χ3n) is 3.15. The second-order valence-corrected chi connectivity index (χ2v) is 4.53. The van der Waals surface area contributed by atoms with E-state index in [-0.39, 0.29) is 11.6 Å². The molecule has 0 atom stereocenters. The van der Waals surface area contributed by atoms with Crippen LogP contribution in [0, 0.1) is 12.7 Å². The SMILES string of the molecule is CNCc1ccc(C)c(-c2ccc(OC)c(F)c2)c1. The molecule has 2 aromatic carbocycles. The third kappa shape index (κ3) is 2.93. The average Bonchev–Trinajstić information content (AvgIpc) is 2.41. The molecule has 0 aliphatic rings. The fourth-order valence-corrected chi connectivity index (χ4v) is 2.13. The van der Waals surface area contributed by atoms with Crippen LogP contribution < -0.4 is 10.1 Å². The minimum absolute atomic E-state index is 0.271. The van der Waals surface area contributed by atoms with Crippen LogP contribution in [0.5, 0.6) is 5.75 Å². The largest absolute Gasteiger partial charge is 0.494 e. The lowest BCUT2D eigenvalue weighted by atomic mass is 9.98. The maximum Gasteiger partial charge on any atom is 0.165 e. The van der Waals surface area contributed by atoms with Gasteiger partial charge in [0.1, 0.15) is 0 Å². The predicted octanol–water partition coefficient (Wildman–Crippen LogP) is 3.53. The van der Waals surface area contributed by atoms with E-state index in [2.05, 4.69) is 23.5 Å². The van der Waals surface area contributed by atoms with Gasteiger partial charge in [0.2, 0.25) is 0 Å². The molecule has 0 saturated carbocycles. The summed E-state index contributed by atoms with van der Waals surface area (Å²) in [5.41, 5.74) is 4.23. The van der Waals surface area contributed by atoms with Gasteiger partial charge in [-0.3, -0.25) is 0 Å². The topological polar surface area (TPSA) is 21.3 Å². The number of hydrogen-bond donors (Lipinski definition) is 1. The average molecular weight is 259 g/mol. The van der Waals surface area contributed by atoms with Crippen molar-refractivity contribution in [3.8, 4) is 16.9 Å². The maximum atomic E-state index is 13.8. The number of ether oxygens (including phenoxy) is 1. The number of nitrogens with one attached hydrogen (secondary N) is 1. The van der Waals surface area contributed by atoms with Crippen LogP contribution in [0.1, 0.15) is 11.1 Å². The molecule has 1 N–H and O–H groups in total. The van der Waals surface area contributed by atoms with Gasteiger partial charge in [-0.15, -0.1) is 0 Å². The van der Waals surface area contributed by atoms with Gasteiger partial charge in [-0.25, -0.2) is 4.39 Å². The Morgan fingerprint density at radius 1 is 1.16 bits per heavy atom. The van der Waals surface area contributed by atoms with Crippen molar-refractivity contribution in [1.82, 2.24) is 5.32 Å². The maximum absolute atomic E-state index is 13.8. The summed E-state index contributed by atoms with van der Waals surface area (Å²) in [5, 5.41) is 3.12. The number of halogens is 1. The highest BCUT2D eigenvalue weighted by Gasteiger charge is 2.08. The highest BCUT2D eigenvalue weighted by atomic mass is 19.1. The Morgan fingerprint density at radius 2 is 1.95 bits per heavy atom. The Kier molecular flexibility index (Phi) is 4.17. The number of benzene rings is 2. The fourth-order valence-electron chi connectivity index (χ4n) is 2.13. The van der Waals surface area contributed by atoms with Gasteiger partial charge in [-0.05, 0) is 54.4 Å². The minimum Gasteiger partial charge on any atom is -0.494 e. The van der Waals surface area contributed by atoms with Crippen molar-refractivity contribution < 1.29 is 9.13 Å². The smallest absolute Gasteiger partial charge is 0.165 e. The molecular weight excluding hydrogens is 241 g/mol. The zero-order valence-electron chi connectivity index (χ0n) is 11.5. The summed E-state index contributed by atoms with van der Waals surface area (Å²) in [4.78, 5) is 0. The highest BCUT2D eigenvalue weighted by Crippen LogP contribution is 2.28. The first kappa shape index (κ1) is 13.6. The highest BCUT2D eigenvalue weighted by molar-refractivity contribution is 5.68. The van der Waals surface area contributed by atoms with E-state index in [1.165, 1.54) is 18.7 Å². The quantitative estimate of drug-likeness (QED) is 0.907. The molecule has 0 heterocycles. The lowest BCUT2D eigenvalue weighted by Crippen LogP contribution is -2.05. The molecule has 0 fully saturated rings. The molecule has 0 bridgehead atoms. The van der Waals surface area contributed by atoms with Gasteiger partial charge < -0.3 is 10.1 Å². The molecule has 0 saturated heterocycles. The number of methoxy groups -OCH3 is 1. The van der Waals surface area contributed by atoms with Gasteiger partial charge in [0.05, 0.1) is 7.11 Å². The van der Waals surface area contributed by atoms with Crippen molar-refractivity contribution in [3.63, 3.8) is 0 Å². The van der Waals surface area contributed by atoms with Gasteiger partial charge >= 0.3 is 0 Å². The van der Waals surface area contributed by atoms with Gasteiger partial charge in [0, 0.05) is 6.54 Å². The van der Waals surface area contributed by atoms with Gasteiger partial charge in [0.25, 0.3) is 0 Å². The van der Waals surface area contributed by atoms with E-state index < -0.39 is 0 Å². The molecule has 2 aromatic rings. The minimum atomic E-state index is -0.335. The third-order valence-corrected chi connectivity index (χ3v) is 3.15. The van der Waals surface area contributed by atoms with E-state index >= 15 is 0 Å². The summed E-state index contributed by atoms with van der Waals surface area (Å²) in [5.74, 6) is -0.0637. The van der Waals surface area contributed by atoms with E-state index in [1.54, 1.807) is 6.07 Å². The first-order valence-electron chi connectivity index (χ1n) is 6.23. The van der Waals surface area contributed by atoms with Crippen LogP contribution in [0.2, 0.25) is 0 Å². The zero-order chi connectivity index (χ0) is 13.8. The molecule has 19 heavy (non-hydrogen) atoms. The van der Waals surface area contributed by atoms with Crippen LogP contribution in [0.25, 0.3) is 11.1 Å². The monoisotopic (exact) mass is 259 g/mol. The second kappa shape index (κ2) is 5.85. The molecule has 3 heteroatoms. The van der Waals surface area contributed by atoms with Crippen LogP contribution >= 0.6 is 0 Å². The van der Waals surface area contributed by atoms with Crippen molar-refractivity contribution in [2.75, 3.05) is 14.2 Å². The van der Waals surface area contributed by atoms with Crippen molar-refractivity contribution >= 4 is 0 Å². The molecule has 0 aliphatic carbocycles. The predicted molar refractivity (Wildman–Crippen MR) is 75.9 cm³/mol. The van der Waals surface area contributed by atoms with Crippen LogP contribution in [0.15, 0.2) is 36.4 Å². The first-order chi connectivity index (χ1) is 9.15. The molecule has 0 amide bonds. The molecule has 100 valence electrons. The van der Waals surface area contributed by atoms with E-state index in [1.807, 2.05) is 20.0 Å². The number of rotatable bonds is 4. The second-order valence-electron chi connectivity index (χ2n) is 4.53. The Hall–Kier alpha value is -1.87. The summed E-state index contributed by atoms with van der Waals surface area (Å²) in [7, 11) is 3.38. The normalized spacial score (nSPS) is 10.5. The Balaban J connectivity index is 2.45. The van der Waals surface area contributed by atoms with Crippen LogP contribution in [-0.4, -0.2) is 14.2 Å². The summed E-state index contributed by atoms with van der Waals surface area (Å²) in [6.07, 6.45) is 0. The van der Waals surface area contributed by atoms with Gasteiger partial charge in [-0.1, -0.05) is 18.2 Å². The van der Waals surface area contributed by atoms with Crippen LogP contribution in [-0.2, 0) is 6.54 Å². The van der Waals surface area contributed by atoms with Crippen molar-refractivity contribution in [2.45, 2.75) is 13.5 Å². The first-order valence-corrected chi connectivity index (χ1v) is 6.23. The lowest BCUT2D eigenvalue weighted by molar-refractivity contribution is 0.386. The Morgan fingerprint density at radius 3 is 2.58 bits per heavy atom. The van der Waals surface area contributed by atoms with E-state index in [4.69, 9.17) is 4.74 Å². The fraction of sp³-hybridized carbons (Fsp3) is 0.250. The van der Waals surface area contributed by atoms with Gasteiger partial charge in [-0.2, -0.15) is 0 Å². The van der Waals surface area contributed by atoms with Crippen LogP contribution in [0.3, 0.4) is 0 Å². The summed E-state index contributed by atoms with van der Waals surface area (Å²) in [6, 6.07) is 11.3. The van der Waals surface area contributed by atoms with E-state index in [9.17, 15) is 4.39 Å². The zero-order valence-corrected chi connectivity index (χ0v) is 11.5. The molecule has 0 aliphatic heterocycles. The van der Waals surface area contributed by atoms with Crippen molar-refractivity contribution in [3.05, 3.63) is 53.3 Å². The molecular formula is C16H18FNO. The Bertz CT molecular complexity index is 581. The molecule has 2 rings (SSSR count).